The van der Waals surface area contributed by atoms with Gasteiger partial charge in [-0.05, 0) is 42.8 Å². The van der Waals surface area contributed by atoms with Crippen LogP contribution < -0.4 is 15.9 Å². The van der Waals surface area contributed by atoms with Crippen LogP contribution in [-0.2, 0) is 4.79 Å². The predicted molar refractivity (Wildman–Crippen MR) is 84.8 cm³/mol. The molecule has 2 rings (SSSR count). The summed E-state index contributed by atoms with van der Waals surface area (Å²) in [4.78, 5) is 15.6. The molecule has 1 amide bonds. The van der Waals surface area contributed by atoms with E-state index in [1.54, 1.807) is 42.7 Å². The molecule has 1 aromatic heterocycles. The van der Waals surface area contributed by atoms with Gasteiger partial charge in [-0.2, -0.15) is 5.10 Å². The molecular formula is C15H15ClN4O2. The molecule has 0 aliphatic rings. The minimum absolute atomic E-state index is 0.171. The summed E-state index contributed by atoms with van der Waals surface area (Å²) >= 11 is 5.85. The van der Waals surface area contributed by atoms with Gasteiger partial charge in [-0.1, -0.05) is 11.6 Å². The second kappa shape index (κ2) is 7.42. The standard InChI is InChI=1S/C15H15ClN4O2/c1-10-8-12(16)2-3-13(10)22-9-14(21)19-20-15(17)11-4-6-18-7-5-11/h2-8H,9H2,1H3,(H2,17,20)(H,19,21). The van der Waals surface area contributed by atoms with Crippen molar-refractivity contribution in [2.75, 3.05) is 6.61 Å². The summed E-state index contributed by atoms with van der Waals surface area (Å²) in [6.07, 6.45) is 3.18. The van der Waals surface area contributed by atoms with Crippen molar-refractivity contribution in [2.45, 2.75) is 6.92 Å². The van der Waals surface area contributed by atoms with Crippen LogP contribution in [0.15, 0.2) is 47.8 Å². The molecule has 2 aromatic rings. The summed E-state index contributed by atoms with van der Waals surface area (Å²) in [5.41, 5.74) is 9.60. The maximum atomic E-state index is 11.7. The Balaban J connectivity index is 1.88. The maximum Gasteiger partial charge on any atom is 0.278 e. The minimum Gasteiger partial charge on any atom is -0.483 e. The van der Waals surface area contributed by atoms with Gasteiger partial charge >= 0.3 is 0 Å². The summed E-state index contributed by atoms with van der Waals surface area (Å²) in [5.74, 6) is 0.371. The SMILES string of the molecule is Cc1cc(Cl)ccc1OCC(=O)N/N=C(\N)c1ccncc1. The van der Waals surface area contributed by atoms with Gasteiger partial charge in [-0.3, -0.25) is 9.78 Å². The lowest BCUT2D eigenvalue weighted by atomic mass is 10.2. The lowest BCUT2D eigenvalue weighted by Crippen LogP contribution is -2.28. The van der Waals surface area contributed by atoms with Gasteiger partial charge in [0.1, 0.15) is 5.75 Å². The fourth-order valence-electron chi connectivity index (χ4n) is 1.66. The average molecular weight is 319 g/mol. The van der Waals surface area contributed by atoms with E-state index in [0.717, 1.165) is 5.56 Å². The first-order valence-electron chi connectivity index (χ1n) is 6.47. The van der Waals surface area contributed by atoms with Gasteiger partial charge in [0.2, 0.25) is 0 Å². The first-order chi connectivity index (χ1) is 10.6. The second-order valence-corrected chi connectivity index (χ2v) is 4.90. The van der Waals surface area contributed by atoms with Crippen molar-refractivity contribution in [3.63, 3.8) is 0 Å². The van der Waals surface area contributed by atoms with Crippen LogP contribution in [-0.4, -0.2) is 23.3 Å². The van der Waals surface area contributed by atoms with Crippen LogP contribution in [0.2, 0.25) is 5.02 Å². The molecule has 7 heteroatoms. The molecule has 6 nitrogen and oxygen atoms in total. The fraction of sp³-hybridized carbons (Fsp3) is 0.133. The van der Waals surface area contributed by atoms with Crippen LogP contribution in [0, 0.1) is 6.92 Å². The molecule has 0 unspecified atom stereocenters. The summed E-state index contributed by atoms with van der Waals surface area (Å²) in [7, 11) is 0. The van der Waals surface area contributed by atoms with Crippen molar-refractivity contribution >= 4 is 23.3 Å². The summed E-state index contributed by atoms with van der Waals surface area (Å²) < 4.78 is 5.40. The summed E-state index contributed by atoms with van der Waals surface area (Å²) in [6, 6.07) is 8.55. The first kappa shape index (κ1) is 15.8. The number of nitrogens with one attached hydrogen (secondary N) is 1. The van der Waals surface area contributed by atoms with Crippen molar-refractivity contribution in [1.82, 2.24) is 10.4 Å². The number of pyridine rings is 1. The molecule has 114 valence electrons. The van der Waals surface area contributed by atoms with E-state index in [1.165, 1.54) is 0 Å². The average Bonchev–Trinajstić information content (AvgIpc) is 2.52. The van der Waals surface area contributed by atoms with E-state index >= 15 is 0 Å². The second-order valence-electron chi connectivity index (χ2n) is 4.47. The van der Waals surface area contributed by atoms with Crippen LogP contribution in [0.3, 0.4) is 0 Å². The van der Waals surface area contributed by atoms with Crippen LogP contribution in [0.1, 0.15) is 11.1 Å². The number of nitrogens with zero attached hydrogens (tertiary/aromatic N) is 2. The number of carbonyl (C=O) groups excluding carboxylic acids is 1. The molecule has 0 aliphatic carbocycles. The van der Waals surface area contributed by atoms with Gasteiger partial charge in [-0.15, -0.1) is 0 Å². The smallest absolute Gasteiger partial charge is 0.278 e. The van der Waals surface area contributed by atoms with E-state index in [0.29, 0.717) is 16.3 Å². The molecule has 0 atom stereocenters. The predicted octanol–water partition coefficient (Wildman–Crippen LogP) is 1.86. The van der Waals surface area contributed by atoms with E-state index in [1.807, 2.05) is 6.92 Å². The van der Waals surface area contributed by atoms with Gasteiger partial charge in [0.15, 0.2) is 12.4 Å². The molecule has 22 heavy (non-hydrogen) atoms. The largest absolute Gasteiger partial charge is 0.483 e. The number of hydrazone groups is 1. The molecule has 0 saturated carbocycles. The highest BCUT2D eigenvalue weighted by Crippen LogP contribution is 2.21. The van der Waals surface area contributed by atoms with Gasteiger partial charge < -0.3 is 10.5 Å². The number of benzene rings is 1. The van der Waals surface area contributed by atoms with E-state index < -0.39 is 5.91 Å². The Hall–Kier alpha value is -2.60. The van der Waals surface area contributed by atoms with Crippen molar-refractivity contribution in [3.05, 3.63) is 58.9 Å². The van der Waals surface area contributed by atoms with Gasteiger partial charge in [0, 0.05) is 23.0 Å². The molecule has 0 fully saturated rings. The fourth-order valence-corrected chi connectivity index (χ4v) is 1.89. The number of carbonyl (C=O) groups is 1. The zero-order valence-corrected chi connectivity index (χ0v) is 12.7. The van der Waals surface area contributed by atoms with Gasteiger partial charge in [-0.25, -0.2) is 5.43 Å². The van der Waals surface area contributed by atoms with Crippen LogP contribution in [0.4, 0.5) is 0 Å². The Kier molecular flexibility index (Phi) is 5.32. The van der Waals surface area contributed by atoms with E-state index in [9.17, 15) is 4.79 Å². The van der Waals surface area contributed by atoms with Crippen LogP contribution >= 0.6 is 11.6 Å². The van der Waals surface area contributed by atoms with Crippen LogP contribution in [0.25, 0.3) is 0 Å². The first-order valence-corrected chi connectivity index (χ1v) is 6.85. The quantitative estimate of drug-likeness (QED) is 0.500. The van der Waals surface area contributed by atoms with Crippen molar-refractivity contribution in [1.29, 1.82) is 0 Å². The number of amidine groups is 1. The van der Waals surface area contributed by atoms with Crippen molar-refractivity contribution in [2.24, 2.45) is 10.8 Å². The van der Waals surface area contributed by atoms with E-state index in [2.05, 4.69) is 15.5 Å². The number of nitrogens with two attached hydrogens (primary N) is 1. The number of rotatable bonds is 5. The topological polar surface area (TPSA) is 89.6 Å². The minimum atomic E-state index is -0.411. The van der Waals surface area contributed by atoms with E-state index in [-0.39, 0.29) is 12.4 Å². The van der Waals surface area contributed by atoms with Gasteiger partial charge in [0.05, 0.1) is 0 Å². The van der Waals surface area contributed by atoms with Crippen molar-refractivity contribution < 1.29 is 9.53 Å². The summed E-state index contributed by atoms with van der Waals surface area (Å²) in [6.45, 7) is 1.67. The molecule has 3 N–H and O–H groups in total. The normalized spacial score (nSPS) is 11.1. The zero-order chi connectivity index (χ0) is 15.9. The Morgan fingerprint density at radius 2 is 2.09 bits per heavy atom. The molecular weight excluding hydrogens is 304 g/mol. The monoisotopic (exact) mass is 318 g/mol. The van der Waals surface area contributed by atoms with Gasteiger partial charge in [0.25, 0.3) is 5.91 Å². The molecule has 0 radical (unpaired) electrons. The Morgan fingerprint density at radius 1 is 1.36 bits per heavy atom. The maximum absolute atomic E-state index is 11.7. The number of aromatic nitrogens is 1. The lowest BCUT2D eigenvalue weighted by molar-refractivity contribution is -0.123. The summed E-state index contributed by atoms with van der Waals surface area (Å²) in [5, 5.41) is 4.42. The number of ether oxygens (including phenoxy) is 1. The third kappa shape index (κ3) is 4.46. The number of hydrogen-bond donors (Lipinski definition) is 2. The molecule has 1 heterocycles. The number of amides is 1. The highest BCUT2D eigenvalue weighted by molar-refractivity contribution is 6.30. The Labute approximate surface area is 133 Å². The zero-order valence-electron chi connectivity index (χ0n) is 11.9. The van der Waals surface area contributed by atoms with Crippen LogP contribution in [0.5, 0.6) is 5.75 Å². The Bertz CT molecular complexity index is 689. The highest BCUT2D eigenvalue weighted by atomic mass is 35.5. The number of aryl methyl sites for hydroxylation is 1. The third-order valence-corrected chi connectivity index (χ3v) is 3.01. The molecule has 1 aromatic carbocycles. The molecule has 0 aliphatic heterocycles. The molecule has 0 spiro atoms. The van der Waals surface area contributed by atoms with E-state index in [4.69, 9.17) is 22.1 Å². The highest BCUT2D eigenvalue weighted by Gasteiger charge is 2.05. The number of hydrogen-bond acceptors (Lipinski definition) is 4. The molecule has 0 saturated heterocycles. The number of halogens is 1. The molecule has 0 bridgehead atoms. The third-order valence-electron chi connectivity index (χ3n) is 2.77. The van der Waals surface area contributed by atoms with Crippen molar-refractivity contribution in [3.8, 4) is 5.75 Å². The Morgan fingerprint density at radius 3 is 2.77 bits per heavy atom. The lowest BCUT2D eigenvalue weighted by Gasteiger charge is -2.08.